The van der Waals surface area contributed by atoms with Gasteiger partial charge in [0.25, 0.3) is 0 Å². The van der Waals surface area contributed by atoms with Gasteiger partial charge in [0.1, 0.15) is 0 Å². The Hall–Kier alpha value is -1.07. The Labute approximate surface area is 120 Å². The quantitative estimate of drug-likeness (QED) is 0.837. The summed E-state index contributed by atoms with van der Waals surface area (Å²) in [5.41, 5.74) is 7.15. The van der Waals surface area contributed by atoms with Crippen molar-refractivity contribution >= 4 is 15.7 Å². The molecule has 20 heavy (non-hydrogen) atoms. The molecule has 3 rings (SSSR count). The third-order valence-corrected chi connectivity index (χ3v) is 6.39. The van der Waals surface area contributed by atoms with Gasteiger partial charge in [-0.1, -0.05) is 6.42 Å². The monoisotopic (exact) mass is 294 g/mol. The fraction of sp³-hybridized carbons (Fsp3) is 0.600. The fourth-order valence-corrected chi connectivity index (χ4v) is 4.92. The minimum absolute atomic E-state index is 0.312. The van der Waals surface area contributed by atoms with E-state index >= 15 is 0 Å². The highest BCUT2D eigenvalue weighted by Crippen LogP contribution is 2.48. The first kappa shape index (κ1) is 13.9. The van der Waals surface area contributed by atoms with Gasteiger partial charge in [0.2, 0.25) is 10.0 Å². The van der Waals surface area contributed by atoms with Crippen LogP contribution in [0.4, 0.5) is 5.69 Å². The van der Waals surface area contributed by atoms with Crippen molar-refractivity contribution in [2.75, 3.05) is 12.3 Å². The zero-order valence-corrected chi connectivity index (χ0v) is 12.6. The lowest BCUT2D eigenvalue weighted by Gasteiger charge is -2.21. The molecule has 0 spiro atoms. The molecule has 5 heteroatoms. The summed E-state index contributed by atoms with van der Waals surface area (Å²) < 4.78 is 27.4. The molecule has 0 heterocycles. The molecular weight excluding hydrogens is 272 g/mol. The van der Waals surface area contributed by atoms with E-state index in [1.807, 2.05) is 6.92 Å². The highest BCUT2D eigenvalue weighted by Gasteiger charge is 2.39. The first-order valence-electron chi connectivity index (χ1n) is 7.31. The van der Waals surface area contributed by atoms with Crippen LogP contribution in [-0.2, 0) is 10.0 Å². The van der Waals surface area contributed by atoms with E-state index in [9.17, 15) is 8.42 Å². The second-order valence-corrected chi connectivity index (χ2v) is 8.07. The molecule has 2 saturated carbocycles. The van der Waals surface area contributed by atoms with Crippen molar-refractivity contribution in [3.05, 3.63) is 23.8 Å². The van der Waals surface area contributed by atoms with Crippen LogP contribution in [0.5, 0.6) is 0 Å². The van der Waals surface area contributed by atoms with E-state index in [0.717, 1.165) is 17.4 Å². The average Bonchev–Trinajstić information content (AvgIpc) is 3.02. The summed E-state index contributed by atoms with van der Waals surface area (Å²) >= 11 is 0. The van der Waals surface area contributed by atoms with Gasteiger partial charge in [-0.2, -0.15) is 0 Å². The first-order chi connectivity index (χ1) is 9.45. The number of nitrogens with two attached hydrogens (primary N) is 1. The highest BCUT2D eigenvalue weighted by molar-refractivity contribution is 7.89. The number of aryl methyl sites for hydroxylation is 1. The summed E-state index contributed by atoms with van der Waals surface area (Å²) in [6.45, 7) is 2.40. The maximum absolute atomic E-state index is 12.3. The zero-order valence-electron chi connectivity index (χ0n) is 11.8. The van der Waals surface area contributed by atoms with Crippen molar-refractivity contribution in [2.45, 2.75) is 37.5 Å². The number of hydrogen-bond donors (Lipinski definition) is 2. The summed E-state index contributed by atoms with van der Waals surface area (Å²) in [5.74, 6) is 2.10. The Bertz CT molecular complexity index is 612. The Morgan fingerprint density at radius 1 is 1.30 bits per heavy atom. The van der Waals surface area contributed by atoms with Crippen LogP contribution in [0.3, 0.4) is 0 Å². The molecule has 1 aromatic rings. The lowest BCUT2D eigenvalue weighted by molar-refractivity contribution is 0.333. The molecular formula is C15H22N2O2S. The van der Waals surface area contributed by atoms with E-state index in [1.54, 1.807) is 18.2 Å². The van der Waals surface area contributed by atoms with Gasteiger partial charge in [0.05, 0.1) is 4.90 Å². The number of rotatable bonds is 4. The molecule has 2 aliphatic carbocycles. The summed E-state index contributed by atoms with van der Waals surface area (Å²) in [6, 6.07) is 4.87. The maximum atomic E-state index is 12.3. The molecule has 3 N–H and O–H groups in total. The molecule has 2 aliphatic rings. The standard InChI is InChI=1S/C15H22N2O2S/c1-10-6-14(4-5-15(10)16)20(18,19)17-9-13-8-11-2-3-12(13)7-11/h4-6,11-13,17H,2-3,7-9,16H2,1H3. The van der Waals surface area contributed by atoms with E-state index in [4.69, 9.17) is 5.73 Å². The molecule has 4 nitrogen and oxygen atoms in total. The molecule has 3 atom stereocenters. The number of anilines is 1. The van der Waals surface area contributed by atoms with Crippen LogP contribution in [0, 0.1) is 24.7 Å². The Balaban J connectivity index is 1.68. The van der Waals surface area contributed by atoms with Gasteiger partial charge in [0, 0.05) is 12.2 Å². The van der Waals surface area contributed by atoms with Crippen molar-refractivity contribution in [3.63, 3.8) is 0 Å². The van der Waals surface area contributed by atoms with E-state index in [1.165, 1.54) is 25.7 Å². The molecule has 2 fully saturated rings. The Morgan fingerprint density at radius 3 is 2.70 bits per heavy atom. The lowest BCUT2D eigenvalue weighted by Crippen LogP contribution is -2.31. The Morgan fingerprint density at radius 2 is 2.10 bits per heavy atom. The van der Waals surface area contributed by atoms with Crippen molar-refractivity contribution < 1.29 is 8.42 Å². The fourth-order valence-electron chi connectivity index (χ4n) is 3.74. The van der Waals surface area contributed by atoms with Crippen LogP contribution >= 0.6 is 0 Å². The number of nitrogen functional groups attached to an aromatic ring is 1. The second-order valence-electron chi connectivity index (χ2n) is 6.31. The number of fused-ring (bicyclic) bond motifs is 2. The molecule has 0 amide bonds. The van der Waals surface area contributed by atoms with Gasteiger partial charge in [-0.05, 0) is 67.7 Å². The van der Waals surface area contributed by atoms with Crippen molar-refractivity contribution in [1.82, 2.24) is 4.72 Å². The number of nitrogens with one attached hydrogen (secondary N) is 1. The molecule has 1 aromatic carbocycles. The van der Waals surface area contributed by atoms with E-state index in [0.29, 0.717) is 23.0 Å². The van der Waals surface area contributed by atoms with Crippen molar-refractivity contribution in [1.29, 1.82) is 0 Å². The summed E-state index contributed by atoms with van der Waals surface area (Å²) in [5, 5.41) is 0. The second kappa shape index (κ2) is 5.04. The number of hydrogen-bond acceptors (Lipinski definition) is 3. The molecule has 0 aromatic heterocycles. The van der Waals surface area contributed by atoms with Gasteiger partial charge in [-0.15, -0.1) is 0 Å². The SMILES string of the molecule is Cc1cc(S(=O)(=O)NCC2CC3CCC2C3)ccc1N. The topological polar surface area (TPSA) is 72.2 Å². The average molecular weight is 294 g/mol. The van der Waals surface area contributed by atoms with E-state index < -0.39 is 10.0 Å². The van der Waals surface area contributed by atoms with Gasteiger partial charge >= 0.3 is 0 Å². The molecule has 0 aliphatic heterocycles. The minimum atomic E-state index is -3.41. The van der Waals surface area contributed by atoms with Crippen LogP contribution in [0.25, 0.3) is 0 Å². The van der Waals surface area contributed by atoms with Crippen LogP contribution in [0.15, 0.2) is 23.1 Å². The van der Waals surface area contributed by atoms with Gasteiger partial charge in [-0.3, -0.25) is 0 Å². The first-order valence-corrected chi connectivity index (χ1v) is 8.80. The van der Waals surface area contributed by atoms with Crippen LogP contribution in [0.2, 0.25) is 0 Å². The van der Waals surface area contributed by atoms with Crippen molar-refractivity contribution in [2.24, 2.45) is 17.8 Å². The summed E-state index contributed by atoms with van der Waals surface area (Å²) in [7, 11) is -3.41. The minimum Gasteiger partial charge on any atom is -0.399 e. The lowest BCUT2D eigenvalue weighted by atomic mass is 9.89. The zero-order chi connectivity index (χ0) is 14.3. The predicted octanol–water partition coefficient (Wildman–Crippen LogP) is 2.29. The third-order valence-electron chi connectivity index (χ3n) is 4.97. The van der Waals surface area contributed by atoms with Gasteiger partial charge in [0.15, 0.2) is 0 Å². The maximum Gasteiger partial charge on any atom is 0.240 e. The summed E-state index contributed by atoms with van der Waals surface area (Å²) in [4.78, 5) is 0.312. The van der Waals surface area contributed by atoms with Crippen LogP contribution in [0.1, 0.15) is 31.2 Å². The molecule has 3 unspecified atom stereocenters. The van der Waals surface area contributed by atoms with E-state index in [2.05, 4.69) is 4.72 Å². The molecule has 0 saturated heterocycles. The number of sulfonamides is 1. The highest BCUT2D eigenvalue weighted by atomic mass is 32.2. The third kappa shape index (κ3) is 2.56. The smallest absolute Gasteiger partial charge is 0.240 e. The van der Waals surface area contributed by atoms with Crippen LogP contribution in [-0.4, -0.2) is 15.0 Å². The molecule has 110 valence electrons. The van der Waals surface area contributed by atoms with Crippen molar-refractivity contribution in [3.8, 4) is 0 Å². The van der Waals surface area contributed by atoms with Crippen LogP contribution < -0.4 is 10.5 Å². The molecule has 0 radical (unpaired) electrons. The largest absolute Gasteiger partial charge is 0.399 e. The molecule has 2 bridgehead atoms. The normalized spacial score (nSPS) is 28.9. The van der Waals surface area contributed by atoms with Gasteiger partial charge < -0.3 is 5.73 Å². The number of benzene rings is 1. The predicted molar refractivity (Wildman–Crippen MR) is 79.7 cm³/mol. The van der Waals surface area contributed by atoms with E-state index in [-0.39, 0.29) is 0 Å². The van der Waals surface area contributed by atoms with Gasteiger partial charge in [-0.25, -0.2) is 13.1 Å². The Kier molecular flexibility index (Phi) is 3.50. The summed E-state index contributed by atoms with van der Waals surface area (Å²) in [6.07, 6.45) is 5.10.